The van der Waals surface area contributed by atoms with Crippen LogP contribution in [0, 0.1) is 5.92 Å². The number of aliphatic hydroxyl groups is 1. The van der Waals surface area contributed by atoms with Gasteiger partial charge in [-0.15, -0.1) is 0 Å². The second kappa shape index (κ2) is 5.16. The Labute approximate surface area is 129 Å². The zero-order valence-corrected chi connectivity index (χ0v) is 12.9. The van der Waals surface area contributed by atoms with Gasteiger partial charge < -0.3 is 9.84 Å². The van der Waals surface area contributed by atoms with E-state index in [1.807, 2.05) is 0 Å². The number of rotatable bonds is 0. The molecule has 2 aliphatic rings. The van der Waals surface area contributed by atoms with Gasteiger partial charge in [0.05, 0.1) is 12.0 Å². The van der Waals surface area contributed by atoms with E-state index in [4.69, 9.17) is 4.74 Å². The molecule has 0 saturated heterocycles. The molecule has 2 unspecified atom stereocenters. The fourth-order valence-electron chi connectivity index (χ4n) is 3.49. The molecule has 3 rings (SSSR count). The second-order valence-electron chi connectivity index (χ2n) is 6.02. The van der Waals surface area contributed by atoms with E-state index in [-0.39, 0.29) is 19.3 Å². The van der Waals surface area contributed by atoms with Crippen molar-refractivity contribution >= 4 is 15.9 Å². The molecule has 1 aromatic carbocycles. The van der Waals surface area contributed by atoms with E-state index in [0.29, 0.717) is 24.2 Å². The van der Waals surface area contributed by atoms with Crippen LogP contribution in [-0.4, -0.2) is 16.9 Å². The molecule has 1 N–H and O–H groups in total. The van der Waals surface area contributed by atoms with Crippen molar-refractivity contribution in [3.8, 4) is 5.75 Å². The molecule has 1 spiro atoms. The molecule has 2 nitrogen and oxygen atoms in total. The molecule has 1 saturated carbocycles. The first kappa shape index (κ1) is 15.2. The van der Waals surface area contributed by atoms with Crippen molar-refractivity contribution in [1.82, 2.24) is 0 Å². The number of ether oxygens (including phenoxy) is 1. The molecule has 116 valence electrons. The number of fused-ring (bicyclic) bond motifs is 1. The minimum absolute atomic E-state index is 0.0664. The first-order valence-electron chi connectivity index (χ1n) is 7.02. The Morgan fingerprint density at radius 1 is 1.29 bits per heavy atom. The largest absolute Gasteiger partial charge is 0.487 e. The predicted molar refractivity (Wildman–Crippen MR) is 75.1 cm³/mol. The summed E-state index contributed by atoms with van der Waals surface area (Å²) in [5.74, 6) is -0.838. The summed E-state index contributed by atoms with van der Waals surface area (Å²) in [5.41, 5.74) is -0.247. The number of benzene rings is 1. The maximum Gasteiger partial charge on any atom is 0.391 e. The zero-order valence-electron chi connectivity index (χ0n) is 11.3. The van der Waals surface area contributed by atoms with E-state index < -0.39 is 23.8 Å². The molecule has 1 heterocycles. The topological polar surface area (TPSA) is 29.5 Å². The molecular formula is C15H16BrF3O2. The third kappa shape index (κ3) is 2.93. The monoisotopic (exact) mass is 364 g/mol. The number of aliphatic hydroxyl groups excluding tert-OH is 1. The van der Waals surface area contributed by atoms with Crippen LogP contribution in [0.5, 0.6) is 5.75 Å². The van der Waals surface area contributed by atoms with Gasteiger partial charge in [0.25, 0.3) is 0 Å². The van der Waals surface area contributed by atoms with Crippen LogP contribution in [-0.2, 0) is 0 Å². The molecule has 1 aliphatic heterocycles. The summed E-state index contributed by atoms with van der Waals surface area (Å²) in [5, 5.41) is 10.3. The Kier molecular flexibility index (Phi) is 3.72. The number of hydrogen-bond donors (Lipinski definition) is 1. The first-order valence-corrected chi connectivity index (χ1v) is 7.82. The predicted octanol–water partition coefficient (Wildman–Crippen LogP) is 4.76. The molecule has 1 aliphatic carbocycles. The maximum absolute atomic E-state index is 13.0. The summed E-state index contributed by atoms with van der Waals surface area (Å²) in [4.78, 5) is 0. The van der Waals surface area contributed by atoms with E-state index >= 15 is 0 Å². The molecule has 1 fully saturated rings. The molecule has 0 amide bonds. The minimum Gasteiger partial charge on any atom is -0.487 e. The summed E-state index contributed by atoms with van der Waals surface area (Å²) in [6.07, 6.45) is -3.63. The van der Waals surface area contributed by atoms with Gasteiger partial charge in [-0.3, -0.25) is 0 Å². The Hall–Kier alpha value is -0.750. The normalized spacial score (nSPS) is 32.6. The quantitative estimate of drug-likeness (QED) is 0.719. The lowest BCUT2D eigenvalue weighted by atomic mass is 9.73. The minimum atomic E-state index is -4.19. The third-order valence-electron chi connectivity index (χ3n) is 4.49. The highest BCUT2D eigenvalue weighted by atomic mass is 79.9. The average Bonchev–Trinajstić information content (AvgIpc) is 2.39. The SMILES string of the molecule is O[C@@H]1CC2(CCCC(C(F)(F)F)C2)Oc2ccc(Br)cc21. The van der Waals surface area contributed by atoms with Gasteiger partial charge in [-0.25, -0.2) is 0 Å². The third-order valence-corrected chi connectivity index (χ3v) is 4.98. The Morgan fingerprint density at radius 2 is 2.05 bits per heavy atom. The molecule has 3 atom stereocenters. The summed E-state index contributed by atoms with van der Waals surface area (Å²) in [6, 6.07) is 5.24. The van der Waals surface area contributed by atoms with Crippen molar-refractivity contribution in [2.24, 2.45) is 5.92 Å². The molecule has 0 aromatic heterocycles. The van der Waals surface area contributed by atoms with Crippen molar-refractivity contribution in [2.45, 2.75) is 50.0 Å². The summed E-state index contributed by atoms with van der Waals surface area (Å²) in [6.45, 7) is 0. The van der Waals surface area contributed by atoms with Crippen molar-refractivity contribution in [2.75, 3.05) is 0 Å². The van der Waals surface area contributed by atoms with Crippen molar-refractivity contribution in [3.05, 3.63) is 28.2 Å². The fraction of sp³-hybridized carbons (Fsp3) is 0.600. The van der Waals surface area contributed by atoms with Crippen LogP contribution in [0.3, 0.4) is 0 Å². The average molecular weight is 365 g/mol. The van der Waals surface area contributed by atoms with Crippen LogP contribution in [0.1, 0.15) is 43.8 Å². The van der Waals surface area contributed by atoms with E-state index in [0.717, 1.165) is 4.47 Å². The lowest BCUT2D eigenvalue weighted by Crippen LogP contribution is -2.47. The van der Waals surface area contributed by atoms with Gasteiger partial charge in [-0.1, -0.05) is 15.9 Å². The smallest absolute Gasteiger partial charge is 0.391 e. The van der Waals surface area contributed by atoms with Gasteiger partial charge in [0.2, 0.25) is 0 Å². The van der Waals surface area contributed by atoms with Gasteiger partial charge in [0.1, 0.15) is 11.4 Å². The van der Waals surface area contributed by atoms with Gasteiger partial charge in [0, 0.05) is 16.5 Å². The van der Waals surface area contributed by atoms with E-state index in [2.05, 4.69) is 15.9 Å². The Morgan fingerprint density at radius 3 is 2.76 bits per heavy atom. The number of hydrogen-bond acceptors (Lipinski definition) is 2. The molecule has 21 heavy (non-hydrogen) atoms. The molecule has 1 aromatic rings. The highest BCUT2D eigenvalue weighted by Crippen LogP contribution is 2.50. The van der Waals surface area contributed by atoms with E-state index in [1.54, 1.807) is 18.2 Å². The fourth-order valence-corrected chi connectivity index (χ4v) is 3.87. The summed E-state index contributed by atoms with van der Waals surface area (Å²) in [7, 11) is 0. The lowest BCUT2D eigenvalue weighted by molar-refractivity contribution is -0.201. The Bertz CT molecular complexity index is 546. The van der Waals surface area contributed by atoms with Crippen molar-refractivity contribution < 1.29 is 23.0 Å². The van der Waals surface area contributed by atoms with E-state index in [1.165, 1.54) is 0 Å². The van der Waals surface area contributed by atoms with Crippen LogP contribution >= 0.6 is 15.9 Å². The van der Waals surface area contributed by atoms with Gasteiger partial charge in [-0.05, 0) is 43.9 Å². The maximum atomic E-state index is 13.0. The number of alkyl halides is 3. The van der Waals surface area contributed by atoms with Crippen LogP contribution in [0.2, 0.25) is 0 Å². The highest BCUT2D eigenvalue weighted by molar-refractivity contribution is 9.10. The van der Waals surface area contributed by atoms with Crippen LogP contribution < -0.4 is 4.74 Å². The Balaban J connectivity index is 1.89. The molecule has 6 heteroatoms. The van der Waals surface area contributed by atoms with Gasteiger partial charge in [-0.2, -0.15) is 13.2 Å². The van der Waals surface area contributed by atoms with Crippen molar-refractivity contribution in [3.63, 3.8) is 0 Å². The summed E-state index contributed by atoms with van der Waals surface area (Å²) < 4.78 is 45.7. The van der Waals surface area contributed by atoms with Crippen LogP contribution in [0.4, 0.5) is 13.2 Å². The second-order valence-corrected chi connectivity index (χ2v) is 6.94. The van der Waals surface area contributed by atoms with Crippen LogP contribution in [0.25, 0.3) is 0 Å². The molecule has 0 radical (unpaired) electrons. The standard InChI is InChI=1S/C15H16BrF3O2/c16-10-3-4-13-11(6-10)12(20)8-14(21-13)5-1-2-9(7-14)15(17,18)19/h3-4,6,9,12,20H,1-2,5,7-8H2/t9?,12-,14?/m1/s1. The summed E-state index contributed by atoms with van der Waals surface area (Å²) >= 11 is 3.33. The highest BCUT2D eigenvalue weighted by Gasteiger charge is 2.51. The molecular weight excluding hydrogens is 349 g/mol. The zero-order chi connectivity index (χ0) is 15.3. The van der Waals surface area contributed by atoms with Gasteiger partial charge in [0.15, 0.2) is 0 Å². The van der Waals surface area contributed by atoms with Crippen molar-refractivity contribution in [1.29, 1.82) is 0 Å². The molecule has 0 bridgehead atoms. The van der Waals surface area contributed by atoms with E-state index in [9.17, 15) is 18.3 Å². The van der Waals surface area contributed by atoms with Crippen LogP contribution in [0.15, 0.2) is 22.7 Å². The lowest BCUT2D eigenvalue weighted by Gasteiger charge is -2.45. The first-order chi connectivity index (χ1) is 9.79. The number of halogens is 4. The van der Waals surface area contributed by atoms with Gasteiger partial charge >= 0.3 is 6.18 Å².